The molecule has 0 aliphatic rings. The van der Waals surface area contributed by atoms with Gasteiger partial charge in [-0.05, 0) is 99.8 Å². The van der Waals surface area contributed by atoms with E-state index in [-0.39, 0.29) is 0 Å². The first kappa shape index (κ1) is 23.7. The van der Waals surface area contributed by atoms with Crippen LogP contribution in [0, 0.1) is 0 Å². The van der Waals surface area contributed by atoms with E-state index in [1.54, 1.807) is 0 Å². The van der Waals surface area contributed by atoms with Gasteiger partial charge in [0.05, 0.1) is 0 Å². The number of hydrogen-bond acceptors (Lipinski definition) is 0. The van der Waals surface area contributed by atoms with Gasteiger partial charge in [-0.1, -0.05) is 58.2 Å². The average molecular weight is 343 g/mol. The zero-order valence-corrected chi connectivity index (χ0v) is 18.0. The quantitative estimate of drug-likeness (QED) is 0.311. The third-order valence-electron chi connectivity index (χ3n) is 4.68. The normalized spacial score (nSPS) is 14.0. The Morgan fingerprint density at radius 3 is 1.12 bits per heavy atom. The predicted molar refractivity (Wildman–Crippen MR) is 117 cm³/mol. The lowest BCUT2D eigenvalue weighted by Gasteiger charge is -2.03. The van der Waals surface area contributed by atoms with E-state index in [2.05, 4.69) is 78.8 Å². The summed E-state index contributed by atoms with van der Waals surface area (Å²) in [5.74, 6) is 0. The highest BCUT2D eigenvalue weighted by atomic mass is 14.0. The molecular weight excluding hydrogens is 300 g/mol. The van der Waals surface area contributed by atoms with Gasteiger partial charge in [-0.2, -0.15) is 0 Å². The van der Waals surface area contributed by atoms with Crippen LogP contribution in [0.3, 0.4) is 0 Å². The molecule has 142 valence electrons. The van der Waals surface area contributed by atoms with Gasteiger partial charge in [0.25, 0.3) is 0 Å². The summed E-state index contributed by atoms with van der Waals surface area (Å²) in [7, 11) is 0. The summed E-state index contributed by atoms with van der Waals surface area (Å²) in [5, 5.41) is 0. The van der Waals surface area contributed by atoms with Gasteiger partial charge in [-0.15, -0.1) is 0 Å². The second-order valence-corrected chi connectivity index (χ2v) is 7.72. The molecule has 25 heavy (non-hydrogen) atoms. The highest BCUT2D eigenvalue weighted by Crippen LogP contribution is 2.14. The van der Waals surface area contributed by atoms with E-state index in [4.69, 9.17) is 0 Å². The van der Waals surface area contributed by atoms with Gasteiger partial charge < -0.3 is 0 Å². The number of rotatable bonds is 12. The van der Waals surface area contributed by atoms with Crippen LogP contribution in [0.2, 0.25) is 0 Å². The van der Waals surface area contributed by atoms with Crippen LogP contribution in [-0.2, 0) is 0 Å². The molecule has 0 nitrogen and oxygen atoms in total. The van der Waals surface area contributed by atoms with Crippen molar-refractivity contribution in [1.29, 1.82) is 0 Å². The Kier molecular flexibility index (Phi) is 14.2. The molecule has 0 rings (SSSR count). The van der Waals surface area contributed by atoms with Gasteiger partial charge in [-0.25, -0.2) is 0 Å². The summed E-state index contributed by atoms with van der Waals surface area (Å²) in [6.07, 6.45) is 21.3. The maximum absolute atomic E-state index is 2.43. The van der Waals surface area contributed by atoms with Crippen LogP contribution in [-0.4, -0.2) is 0 Å². The van der Waals surface area contributed by atoms with E-state index in [9.17, 15) is 0 Å². The van der Waals surface area contributed by atoms with Crippen molar-refractivity contribution in [1.82, 2.24) is 0 Å². The monoisotopic (exact) mass is 342 g/mol. The van der Waals surface area contributed by atoms with Crippen molar-refractivity contribution in [2.45, 2.75) is 99.8 Å². The Bertz CT molecular complexity index is 502. The minimum atomic E-state index is 1.18. The molecule has 0 aromatic carbocycles. The van der Waals surface area contributed by atoms with Crippen molar-refractivity contribution < 1.29 is 0 Å². The molecule has 0 heteroatoms. The lowest BCUT2D eigenvalue weighted by Crippen LogP contribution is -1.82. The van der Waals surface area contributed by atoms with Crippen molar-refractivity contribution in [2.24, 2.45) is 0 Å². The second kappa shape index (κ2) is 15.0. The van der Waals surface area contributed by atoms with E-state index in [1.807, 2.05) is 0 Å². The maximum atomic E-state index is 2.43. The van der Waals surface area contributed by atoms with Gasteiger partial charge in [-0.3, -0.25) is 0 Å². The van der Waals surface area contributed by atoms with Crippen LogP contribution in [0.25, 0.3) is 0 Å². The van der Waals surface area contributed by atoms with Gasteiger partial charge in [0, 0.05) is 0 Å². The van der Waals surface area contributed by atoms with Gasteiger partial charge in [0.15, 0.2) is 0 Å². The van der Waals surface area contributed by atoms with Crippen molar-refractivity contribution in [3.05, 3.63) is 58.2 Å². The Balaban J connectivity index is 4.01. The summed E-state index contributed by atoms with van der Waals surface area (Å²) in [6.45, 7) is 15.5. The first-order valence-corrected chi connectivity index (χ1v) is 10.1. The molecule has 0 spiro atoms. The maximum Gasteiger partial charge on any atom is -0.0288 e. The topological polar surface area (TPSA) is 0 Å². The van der Waals surface area contributed by atoms with E-state index < -0.39 is 0 Å². The number of allylic oxidation sites excluding steroid dienone is 10. The highest BCUT2D eigenvalue weighted by Gasteiger charge is 1.94. The second-order valence-electron chi connectivity index (χ2n) is 7.72. The van der Waals surface area contributed by atoms with E-state index >= 15 is 0 Å². The summed E-state index contributed by atoms with van der Waals surface area (Å²) in [5.41, 5.74) is 7.51. The predicted octanol–water partition coefficient (Wildman–Crippen LogP) is 8.88. The molecule has 0 N–H and O–H groups in total. The van der Waals surface area contributed by atoms with Gasteiger partial charge in [0.2, 0.25) is 0 Å². The molecule has 0 aromatic heterocycles. The SMILES string of the molecule is C/C=C(\C)CC/C=C(\C)CC/C=C(\C)CC/C=C(\C)CCC=C(C)C. The van der Waals surface area contributed by atoms with Crippen LogP contribution < -0.4 is 0 Å². The average Bonchev–Trinajstić information content (AvgIpc) is 2.54. The molecule has 0 aliphatic heterocycles. The van der Waals surface area contributed by atoms with Crippen LogP contribution in [0.15, 0.2) is 58.2 Å². The Labute approximate surface area is 158 Å². The zero-order chi connectivity index (χ0) is 19.1. The molecular formula is C25H42. The molecule has 0 heterocycles. The lowest BCUT2D eigenvalue weighted by molar-refractivity contribution is 0.891. The van der Waals surface area contributed by atoms with Crippen molar-refractivity contribution in [3.63, 3.8) is 0 Å². The lowest BCUT2D eigenvalue weighted by atomic mass is 10.0. The van der Waals surface area contributed by atoms with Crippen LogP contribution in [0.5, 0.6) is 0 Å². The van der Waals surface area contributed by atoms with Crippen LogP contribution in [0.4, 0.5) is 0 Å². The van der Waals surface area contributed by atoms with E-state index in [0.29, 0.717) is 0 Å². The summed E-state index contributed by atoms with van der Waals surface area (Å²) in [6, 6.07) is 0. The molecule has 0 saturated heterocycles. The molecule has 0 amide bonds. The smallest absolute Gasteiger partial charge is 0.0288 e. The number of hydrogen-bond donors (Lipinski definition) is 0. The minimum absolute atomic E-state index is 1.18. The first-order valence-electron chi connectivity index (χ1n) is 10.1. The van der Waals surface area contributed by atoms with Crippen molar-refractivity contribution in [2.75, 3.05) is 0 Å². The molecule has 0 aliphatic carbocycles. The molecule has 0 saturated carbocycles. The van der Waals surface area contributed by atoms with Gasteiger partial charge >= 0.3 is 0 Å². The Hall–Kier alpha value is -1.30. The molecule has 0 unspecified atom stereocenters. The fraction of sp³-hybridized carbons (Fsp3) is 0.600. The Morgan fingerprint density at radius 2 is 0.800 bits per heavy atom. The van der Waals surface area contributed by atoms with E-state index in [1.165, 1.54) is 79.2 Å². The zero-order valence-electron chi connectivity index (χ0n) is 18.0. The largest absolute Gasteiger partial charge is 0.0887 e. The molecule has 0 aromatic rings. The first-order chi connectivity index (χ1) is 11.8. The molecule has 0 fully saturated rings. The van der Waals surface area contributed by atoms with E-state index in [0.717, 1.165) is 0 Å². The third kappa shape index (κ3) is 15.9. The van der Waals surface area contributed by atoms with Crippen LogP contribution in [0.1, 0.15) is 99.8 Å². The van der Waals surface area contributed by atoms with Gasteiger partial charge in [0.1, 0.15) is 0 Å². The molecule has 0 radical (unpaired) electrons. The summed E-state index contributed by atoms with van der Waals surface area (Å²) in [4.78, 5) is 0. The summed E-state index contributed by atoms with van der Waals surface area (Å²) >= 11 is 0. The highest BCUT2D eigenvalue weighted by molar-refractivity contribution is 5.07. The third-order valence-corrected chi connectivity index (χ3v) is 4.68. The molecule has 0 atom stereocenters. The standard InChI is InChI=1S/C25H42/c1-8-22(4)14-10-16-24(6)18-12-20-25(7)19-11-17-23(5)15-9-13-21(2)3/h8,13,16-17,20H,9-12,14-15,18-19H2,1-7H3/b22-8+,23-17+,24-16+,25-20+. The fourth-order valence-corrected chi connectivity index (χ4v) is 2.68. The van der Waals surface area contributed by atoms with Crippen molar-refractivity contribution >= 4 is 0 Å². The Morgan fingerprint density at radius 1 is 0.480 bits per heavy atom. The van der Waals surface area contributed by atoms with Crippen molar-refractivity contribution in [3.8, 4) is 0 Å². The summed E-state index contributed by atoms with van der Waals surface area (Å²) < 4.78 is 0. The fourth-order valence-electron chi connectivity index (χ4n) is 2.68. The molecule has 0 bridgehead atoms. The van der Waals surface area contributed by atoms with Crippen LogP contribution >= 0.6 is 0 Å². The minimum Gasteiger partial charge on any atom is -0.0887 e.